The lowest BCUT2D eigenvalue weighted by atomic mass is 10.1. The third-order valence-electron chi connectivity index (χ3n) is 7.13. The van der Waals surface area contributed by atoms with Gasteiger partial charge >= 0.3 is 5.69 Å². The third kappa shape index (κ3) is 4.36. The minimum atomic E-state index is -0.525. The number of aryl methyl sites for hydroxylation is 1. The molecule has 3 aromatic heterocycles. The molecule has 1 aliphatic heterocycles. The summed E-state index contributed by atoms with van der Waals surface area (Å²) in [6.07, 6.45) is 1.71. The fourth-order valence-electron chi connectivity index (χ4n) is 5.18. The summed E-state index contributed by atoms with van der Waals surface area (Å²) in [7, 11) is 1.57. The van der Waals surface area contributed by atoms with Crippen molar-refractivity contribution < 1.29 is 4.92 Å². The second kappa shape index (κ2) is 9.71. The Hall–Kier alpha value is -4.43. The van der Waals surface area contributed by atoms with Gasteiger partial charge in [-0.05, 0) is 30.5 Å². The summed E-state index contributed by atoms with van der Waals surface area (Å²) in [5.41, 5.74) is 8.14. The first-order valence-corrected chi connectivity index (χ1v) is 13.2. The third-order valence-corrected chi connectivity index (χ3v) is 7.69. The van der Waals surface area contributed by atoms with Crippen LogP contribution in [-0.4, -0.2) is 51.5 Å². The fraction of sp³-hybridized carbons (Fsp3) is 0.320. The van der Waals surface area contributed by atoms with Crippen LogP contribution >= 0.6 is 11.7 Å². The highest BCUT2D eigenvalue weighted by molar-refractivity contribution is 7.00. The molecule has 39 heavy (non-hydrogen) atoms. The Bertz CT molecular complexity index is 1850. The normalized spacial score (nSPS) is 15.8. The van der Waals surface area contributed by atoms with Crippen molar-refractivity contribution in [2.75, 3.05) is 18.0 Å². The van der Waals surface area contributed by atoms with Gasteiger partial charge in [-0.2, -0.15) is 13.7 Å². The molecule has 6 rings (SSSR count). The molecule has 200 valence electrons. The number of nitrogens with two attached hydrogens (primary N) is 1. The molecular formula is C25H25N9O4S. The molecule has 1 atom stereocenters. The summed E-state index contributed by atoms with van der Waals surface area (Å²) < 4.78 is 12.6. The Kier molecular flexibility index (Phi) is 6.19. The van der Waals surface area contributed by atoms with Crippen LogP contribution in [-0.2, 0) is 20.1 Å². The van der Waals surface area contributed by atoms with E-state index >= 15 is 0 Å². The van der Waals surface area contributed by atoms with Crippen LogP contribution in [0.5, 0.6) is 0 Å². The SMILES string of the molecule is Cn1c(=O)n(Cc2ccc3nsnc3c2)c(=O)c2c1nc(N1CCC[C@@H](N)C1)n2Cc1ccccc1[N+](=O)[O-]. The van der Waals surface area contributed by atoms with Crippen LogP contribution in [0, 0.1) is 10.1 Å². The van der Waals surface area contributed by atoms with Crippen LogP contribution in [0.25, 0.3) is 22.2 Å². The van der Waals surface area contributed by atoms with E-state index in [-0.39, 0.29) is 36.0 Å². The van der Waals surface area contributed by atoms with Gasteiger partial charge in [0.15, 0.2) is 11.2 Å². The largest absolute Gasteiger partial charge is 0.341 e. The lowest BCUT2D eigenvalue weighted by Gasteiger charge is -2.31. The lowest BCUT2D eigenvalue weighted by Crippen LogP contribution is -2.44. The molecule has 2 aromatic carbocycles. The van der Waals surface area contributed by atoms with Gasteiger partial charge in [-0.25, -0.2) is 4.79 Å². The van der Waals surface area contributed by atoms with E-state index in [9.17, 15) is 19.7 Å². The lowest BCUT2D eigenvalue weighted by molar-refractivity contribution is -0.385. The molecule has 0 bridgehead atoms. The quantitative estimate of drug-likeness (QED) is 0.247. The zero-order chi connectivity index (χ0) is 27.3. The second-order valence-corrected chi connectivity index (χ2v) is 10.3. The van der Waals surface area contributed by atoms with Crippen molar-refractivity contribution in [1.29, 1.82) is 0 Å². The number of para-hydroxylation sites is 1. The minimum absolute atomic E-state index is 0.0233. The van der Waals surface area contributed by atoms with Gasteiger partial charge in [-0.1, -0.05) is 24.3 Å². The fourth-order valence-corrected chi connectivity index (χ4v) is 5.70. The summed E-state index contributed by atoms with van der Waals surface area (Å²) in [5, 5.41) is 11.8. The summed E-state index contributed by atoms with van der Waals surface area (Å²) in [6.45, 7) is 1.23. The highest BCUT2D eigenvalue weighted by atomic mass is 32.1. The molecule has 0 radical (unpaired) electrons. The monoisotopic (exact) mass is 547 g/mol. The predicted molar refractivity (Wildman–Crippen MR) is 147 cm³/mol. The first-order chi connectivity index (χ1) is 18.8. The molecule has 0 amide bonds. The van der Waals surface area contributed by atoms with Gasteiger partial charge in [0.05, 0.1) is 29.7 Å². The van der Waals surface area contributed by atoms with Crippen LogP contribution in [0.2, 0.25) is 0 Å². The first kappa shape index (κ1) is 24.9. The standard InChI is InChI=1S/C25H25N9O4S/c1-30-22-21(23(35)33(25(30)36)12-15-8-9-18-19(11-15)29-39-28-18)32(13-16-5-2-3-7-20(16)34(37)38)24(27-22)31-10-4-6-17(26)14-31/h2-3,5,7-9,11,17H,4,6,10,12-14,26H2,1H3/t17-/m1/s1. The number of benzene rings is 2. The molecule has 4 heterocycles. The maximum atomic E-state index is 14.0. The summed E-state index contributed by atoms with van der Waals surface area (Å²) >= 11 is 1.09. The highest BCUT2D eigenvalue weighted by Gasteiger charge is 2.27. The van der Waals surface area contributed by atoms with Gasteiger partial charge in [0.2, 0.25) is 5.95 Å². The van der Waals surface area contributed by atoms with Crippen molar-refractivity contribution in [3.05, 3.63) is 84.5 Å². The molecule has 1 saturated heterocycles. The topological polar surface area (TPSA) is 160 Å². The van der Waals surface area contributed by atoms with Gasteiger partial charge in [0.1, 0.15) is 11.0 Å². The van der Waals surface area contributed by atoms with Crippen LogP contribution in [0.15, 0.2) is 52.1 Å². The van der Waals surface area contributed by atoms with E-state index in [2.05, 4.69) is 8.75 Å². The first-order valence-electron chi connectivity index (χ1n) is 12.5. The Morgan fingerprint density at radius 3 is 2.69 bits per heavy atom. The molecule has 1 aliphatic rings. The van der Waals surface area contributed by atoms with E-state index in [0.29, 0.717) is 30.1 Å². The van der Waals surface area contributed by atoms with E-state index in [1.54, 1.807) is 41.9 Å². The summed E-state index contributed by atoms with van der Waals surface area (Å²) in [5.74, 6) is 0.457. The van der Waals surface area contributed by atoms with E-state index in [4.69, 9.17) is 10.7 Å². The van der Waals surface area contributed by atoms with Gasteiger partial charge < -0.3 is 10.6 Å². The summed E-state index contributed by atoms with van der Waals surface area (Å²) in [4.78, 5) is 45.5. The van der Waals surface area contributed by atoms with E-state index in [1.807, 2.05) is 11.0 Å². The maximum Gasteiger partial charge on any atom is 0.332 e. The average Bonchev–Trinajstić information content (AvgIpc) is 3.55. The number of aromatic nitrogens is 6. The number of nitro benzene ring substituents is 1. The number of imidazole rings is 1. The smallest absolute Gasteiger partial charge is 0.332 e. The number of nitrogens with zero attached hydrogens (tertiary/aromatic N) is 8. The molecular weight excluding hydrogens is 522 g/mol. The van der Waals surface area contributed by atoms with Crippen molar-refractivity contribution in [2.24, 2.45) is 12.8 Å². The second-order valence-electron chi connectivity index (χ2n) is 9.72. The maximum absolute atomic E-state index is 14.0. The molecule has 0 spiro atoms. The molecule has 5 aromatic rings. The molecule has 0 unspecified atom stereocenters. The van der Waals surface area contributed by atoms with Crippen molar-refractivity contribution in [2.45, 2.75) is 32.0 Å². The van der Waals surface area contributed by atoms with Gasteiger partial charge in [-0.15, -0.1) is 0 Å². The van der Waals surface area contributed by atoms with Gasteiger partial charge in [-0.3, -0.25) is 28.6 Å². The number of piperidine rings is 1. The molecule has 0 saturated carbocycles. The highest BCUT2D eigenvalue weighted by Crippen LogP contribution is 2.27. The molecule has 0 aliphatic carbocycles. The van der Waals surface area contributed by atoms with Crippen molar-refractivity contribution in [3.8, 4) is 0 Å². The number of anilines is 1. The number of rotatable bonds is 6. The van der Waals surface area contributed by atoms with E-state index in [0.717, 1.165) is 40.2 Å². The zero-order valence-electron chi connectivity index (χ0n) is 21.1. The Morgan fingerprint density at radius 1 is 1.10 bits per heavy atom. The van der Waals surface area contributed by atoms with Gasteiger partial charge in [0.25, 0.3) is 11.2 Å². The van der Waals surface area contributed by atoms with Gasteiger partial charge in [0, 0.05) is 37.8 Å². The van der Waals surface area contributed by atoms with Crippen LogP contribution in [0.3, 0.4) is 0 Å². The Morgan fingerprint density at radius 2 is 1.90 bits per heavy atom. The van der Waals surface area contributed by atoms with Crippen molar-refractivity contribution in [3.63, 3.8) is 0 Å². The van der Waals surface area contributed by atoms with Crippen molar-refractivity contribution >= 4 is 45.6 Å². The molecule has 1 fully saturated rings. The summed E-state index contributed by atoms with van der Waals surface area (Å²) in [6, 6.07) is 11.8. The Labute approximate surface area is 225 Å². The number of hydrogen-bond donors (Lipinski definition) is 1. The minimum Gasteiger partial charge on any atom is -0.341 e. The van der Waals surface area contributed by atoms with E-state index in [1.165, 1.54) is 10.6 Å². The van der Waals surface area contributed by atoms with Crippen LogP contribution < -0.4 is 21.9 Å². The van der Waals surface area contributed by atoms with Crippen molar-refractivity contribution in [1.82, 2.24) is 27.4 Å². The number of hydrogen-bond acceptors (Lipinski definition) is 10. The average molecular weight is 548 g/mol. The van der Waals surface area contributed by atoms with Crippen LogP contribution in [0.1, 0.15) is 24.0 Å². The van der Waals surface area contributed by atoms with Crippen LogP contribution in [0.4, 0.5) is 11.6 Å². The molecule has 13 nitrogen and oxygen atoms in total. The Balaban J connectivity index is 1.56. The van der Waals surface area contributed by atoms with E-state index < -0.39 is 16.2 Å². The zero-order valence-corrected chi connectivity index (χ0v) is 21.9. The molecule has 14 heteroatoms. The number of fused-ring (bicyclic) bond motifs is 2. The molecule has 2 N–H and O–H groups in total. The predicted octanol–water partition coefficient (Wildman–Crippen LogP) is 1.83. The number of nitro groups is 1.